The fourth-order valence-electron chi connectivity index (χ4n) is 1.82. The number of hydrogen-bond acceptors (Lipinski definition) is 7. The summed E-state index contributed by atoms with van der Waals surface area (Å²) in [5.74, 6) is 0. The van der Waals surface area contributed by atoms with Crippen molar-refractivity contribution in [3.63, 3.8) is 0 Å². The lowest BCUT2D eigenvalue weighted by Crippen LogP contribution is -2.42. The molecular formula is C11H15N3O5. The van der Waals surface area contributed by atoms with Gasteiger partial charge in [-0.15, -0.1) is 0 Å². The second-order valence-electron chi connectivity index (χ2n) is 4.20. The van der Waals surface area contributed by atoms with Crippen molar-refractivity contribution in [3.8, 4) is 0 Å². The largest absolute Gasteiger partial charge is 0.394 e. The van der Waals surface area contributed by atoms with Crippen molar-refractivity contribution in [2.75, 3.05) is 6.61 Å². The van der Waals surface area contributed by atoms with Crippen molar-refractivity contribution in [3.05, 3.63) is 24.3 Å². The Hall–Kier alpha value is -1.58. The molecule has 0 fully saturated rings. The van der Waals surface area contributed by atoms with Crippen molar-refractivity contribution >= 4 is 11.0 Å². The topological polar surface area (TPSA) is 143 Å². The smallest absolute Gasteiger partial charge is 0.116 e. The summed E-state index contributed by atoms with van der Waals surface area (Å²) in [5.41, 5.74) is 1.25. The molecule has 104 valence electrons. The molecule has 1 unspecified atom stereocenters. The number of H-pyrrole nitrogens is 1. The Balaban J connectivity index is 2.26. The minimum absolute atomic E-state index is 0.272. The average molecular weight is 269 g/mol. The highest BCUT2D eigenvalue weighted by Gasteiger charge is 2.32. The van der Waals surface area contributed by atoms with Crippen LogP contribution in [0.4, 0.5) is 0 Å². The molecule has 0 radical (unpaired) electrons. The third kappa shape index (κ3) is 2.57. The highest BCUT2D eigenvalue weighted by molar-refractivity contribution is 5.78. The minimum atomic E-state index is -1.67. The maximum absolute atomic E-state index is 10.0. The average Bonchev–Trinajstić information content (AvgIpc) is 2.87. The van der Waals surface area contributed by atoms with Crippen molar-refractivity contribution in [2.45, 2.75) is 24.4 Å². The first kappa shape index (κ1) is 13.8. The van der Waals surface area contributed by atoms with E-state index in [2.05, 4.69) is 15.0 Å². The van der Waals surface area contributed by atoms with Gasteiger partial charge in [0.2, 0.25) is 0 Å². The Morgan fingerprint density at radius 1 is 1.16 bits per heavy atom. The zero-order chi connectivity index (χ0) is 14.0. The van der Waals surface area contributed by atoms with E-state index in [9.17, 15) is 20.4 Å². The van der Waals surface area contributed by atoms with Crippen LogP contribution in [0.5, 0.6) is 0 Å². The van der Waals surface area contributed by atoms with E-state index >= 15 is 0 Å². The molecule has 0 aliphatic carbocycles. The molecule has 0 aliphatic heterocycles. The van der Waals surface area contributed by atoms with E-state index in [1.165, 1.54) is 18.7 Å². The third-order valence-electron chi connectivity index (χ3n) is 2.94. The normalized spacial score (nSPS) is 18.2. The number of nitrogens with one attached hydrogen (secondary N) is 1. The van der Waals surface area contributed by atoms with Gasteiger partial charge in [-0.1, -0.05) is 0 Å². The molecule has 0 aliphatic rings. The van der Waals surface area contributed by atoms with E-state index in [0.717, 1.165) is 0 Å². The van der Waals surface area contributed by atoms with Crippen LogP contribution in [0.25, 0.3) is 11.0 Å². The summed E-state index contributed by atoms with van der Waals surface area (Å²) in [5, 5.41) is 47.3. The van der Waals surface area contributed by atoms with E-state index in [1.807, 2.05) is 0 Å². The first-order valence-electron chi connectivity index (χ1n) is 5.66. The summed E-state index contributed by atoms with van der Waals surface area (Å²) in [7, 11) is 0. The van der Waals surface area contributed by atoms with Crippen molar-refractivity contribution in [1.82, 2.24) is 15.0 Å². The van der Waals surface area contributed by atoms with Crippen LogP contribution >= 0.6 is 0 Å². The number of aliphatic hydroxyl groups excluding tert-OH is 5. The molecule has 0 saturated carbocycles. The maximum atomic E-state index is 10.0. The van der Waals surface area contributed by atoms with Crippen molar-refractivity contribution in [2.24, 2.45) is 0 Å². The second-order valence-corrected chi connectivity index (χ2v) is 4.20. The maximum Gasteiger partial charge on any atom is 0.116 e. The molecule has 2 aromatic heterocycles. The summed E-state index contributed by atoms with van der Waals surface area (Å²) < 4.78 is 0. The molecule has 8 nitrogen and oxygen atoms in total. The Morgan fingerprint density at radius 2 is 1.89 bits per heavy atom. The number of aliphatic hydroxyl groups is 5. The van der Waals surface area contributed by atoms with Gasteiger partial charge in [0, 0.05) is 11.8 Å². The van der Waals surface area contributed by atoms with Gasteiger partial charge >= 0.3 is 0 Å². The molecule has 8 heteroatoms. The van der Waals surface area contributed by atoms with Crippen LogP contribution in [0.3, 0.4) is 0 Å². The van der Waals surface area contributed by atoms with Crippen LogP contribution in [0.1, 0.15) is 11.7 Å². The van der Waals surface area contributed by atoms with Crippen LogP contribution in [0, 0.1) is 0 Å². The highest BCUT2D eigenvalue weighted by atomic mass is 16.4. The minimum Gasteiger partial charge on any atom is -0.394 e. The van der Waals surface area contributed by atoms with E-state index in [-0.39, 0.29) is 5.56 Å². The monoisotopic (exact) mass is 269 g/mol. The molecule has 0 spiro atoms. The highest BCUT2D eigenvalue weighted by Crippen LogP contribution is 2.25. The van der Waals surface area contributed by atoms with Crippen molar-refractivity contribution in [1.29, 1.82) is 0 Å². The molecule has 2 aromatic rings. The lowest BCUT2D eigenvalue weighted by atomic mass is 9.99. The first-order chi connectivity index (χ1) is 9.06. The molecule has 2 rings (SSSR count). The second kappa shape index (κ2) is 5.59. The summed E-state index contributed by atoms with van der Waals surface area (Å²) in [6.45, 7) is -0.721. The number of hydrogen-bond donors (Lipinski definition) is 6. The molecule has 0 bridgehead atoms. The molecule has 2 heterocycles. The third-order valence-corrected chi connectivity index (χ3v) is 2.94. The van der Waals surface area contributed by atoms with Crippen LogP contribution in [-0.2, 0) is 0 Å². The van der Waals surface area contributed by atoms with E-state index in [4.69, 9.17) is 5.11 Å². The molecule has 19 heavy (non-hydrogen) atoms. The Kier molecular flexibility index (Phi) is 4.08. The van der Waals surface area contributed by atoms with Crippen molar-refractivity contribution < 1.29 is 25.5 Å². The number of aromatic nitrogens is 3. The molecular weight excluding hydrogens is 254 g/mol. The Bertz CT molecular complexity index is 546. The number of rotatable bonds is 5. The standard InChI is InChI=1S/C11H15N3O5/c15-3-7(16)10(18)11(19)9(17)5-1-13-6-2-12-4-14-8(5)6/h1-2,4,7,9-11,13,15-19H,3H2/t7-,9?,10-,11+/m1/s1. The van der Waals surface area contributed by atoms with Crippen LogP contribution in [0.15, 0.2) is 18.7 Å². The van der Waals surface area contributed by atoms with Gasteiger partial charge in [0.1, 0.15) is 30.7 Å². The summed E-state index contributed by atoms with van der Waals surface area (Å²) in [6.07, 6.45) is -2.10. The zero-order valence-corrected chi connectivity index (χ0v) is 9.88. The quantitative estimate of drug-likeness (QED) is 0.371. The fourth-order valence-corrected chi connectivity index (χ4v) is 1.82. The van der Waals surface area contributed by atoms with Gasteiger partial charge in [-0.3, -0.25) is 0 Å². The van der Waals surface area contributed by atoms with Gasteiger partial charge in [0.05, 0.1) is 23.8 Å². The lowest BCUT2D eigenvalue weighted by Gasteiger charge is -2.25. The summed E-state index contributed by atoms with van der Waals surface area (Å²) in [4.78, 5) is 10.6. The van der Waals surface area contributed by atoms with Gasteiger partial charge in [-0.2, -0.15) is 0 Å². The molecule has 0 saturated heterocycles. The number of nitrogens with zero attached hydrogens (tertiary/aromatic N) is 2. The number of aromatic amines is 1. The van der Waals surface area contributed by atoms with Gasteiger partial charge in [0.15, 0.2) is 0 Å². The SMILES string of the molecule is OC[C@@H](O)[C@@H](O)[C@@H](O)C(O)c1c[nH]c2cncnc12. The predicted molar refractivity (Wildman–Crippen MR) is 64.0 cm³/mol. The summed E-state index contributed by atoms with van der Waals surface area (Å²) >= 11 is 0. The Labute approximate surface area is 108 Å². The predicted octanol–water partition coefficient (Wildman–Crippen LogP) is -1.93. The van der Waals surface area contributed by atoms with E-state index in [0.29, 0.717) is 11.0 Å². The number of fused-ring (bicyclic) bond motifs is 1. The van der Waals surface area contributed by atoms with E-state index in [1.54, 1.807) is 0 Å². The Morgan fingerprint density at radius 3 is 2.58 bits per heavy atom. The molecule has 6 N–H and O–H groups in total. The first-order valence-corrected chi connectivity index (χ1v) is 5.66. The molecule has 0 aromatic carbocycles. The van der Waals surface area contributed by atoms with Crippen LogP contribution < -0.4 is 0 Å². The van der Waals surface area contributed by atoms with Gasteiger partial charge < -0.3 is 30.5 Å². The zero-order valence-electron chi connectivity index (χ0n) is 9.88. The van der Waals surface area contributed by atoms with Gasteiger partial charge in [-0.25, -0.2) is 9.97 Å². The fraction of sp³-hybridized carbons (Fsp3) is 0.455. The lowest BCUT2D eigenvalue weighted by molar-refractivity contribution is -0.116. The van der Waals surface area contributed by atoms with Crippen LogP contribution in [-0.4, -0.2) is 65.4 Å². The van der Waals surface area contributed by atoms with Gasteiger partial charge in [0.25, 0.3) is 0 Å². The van der Waals surface area contributed by atoms with Crippen LogP contribution in [0.2, 0.25) is 0 Å². The molecule has 4 atom stereocenters. The van der Waals surface area contributed by atoms with E-state index < -0.39 is 31.0 Å². The molecule has 0 amide bonds. The van der Waals surface area contributed by atoms with Gasteiger partial charge in [-0.05, 0) is 0 Å². The summed E-state index contributed by atoms with van der Waals surface area (Å²) in [6, 6.07) is 0.